The van der Waals surface area contributed by atoms with Gasteiger partial charge in [0.05, 0.1) is 11.0 Å². The minimum absolute atomic E-state index is 0.137. The van der Waals surface area contributed by atoms with Crippen LogP contribution in [0.15, 0.2) is 18.5 Å². The molecule has 78 valence electrons. The Morgan fingerprint density at radius 1 is 1.60 bits per heavy atom. The molecule has 0 atom stereocenters. The largest absolute Gasteiger partial charge is 0.619 e. The van der Waals surface area contributed by atoms with Crippen LogP contribution in [0.25, 0.3) is 0 Å². The third-order valence-corrected chi connectivity index (χ3v) is 1.95. The van der Waals surface area contributed by atoms with Crippen molar-refractivity contribution in [1.82, 2.24) is 0 Å². The summed E-state index contributed by atoms with van der Waals surface area (Å²) in [5.41, 5.74) is -0.0115. The first-order valence-corrected chi connectivity index (χ1v) is 5.19. The van der Waals surface area contributed by atoms with Gasteiger partial charge in [0.2, 0.25) is 6.20 Å². The first-order chi connectivity index (χ1) is 7.15. The zero-order valence-corrected chi connectivity index (χ0v) is 9.23. The molecule has 1 aromatic rings. The first-order valence-electron chi connectivity index (χ1n) is 4.07. The number of alkyl halides is 1. The van der Waals surface area contributed by atoms with E-state index in [0.717, 1.165) is 18.5 Å². The van der Waals surface area contributed by atoms with Crippen molar-refractivity contribution in [1.29, 1.82) is 0 Å². The molecule has 0 aliphatic rings. The van der Waals surface area contributed by atoms with Gasteiger partial charge < -0.3 is 5.21 Å². The van der Waals surface area contributed by atoms with Crippen LogP contribution >= 0.6 is 15.9 Å². The second-order valence-electron chi connectivity index (χ2n) is 2.60. The van der Waals surface area contributed by atoms with E-state index in [9.17, 15) is 15.3 Å². The lowest BCUT2D eigenvalue weighted by atomic mass is 10.2. The van der Waals surface area contributed by atoms with E-state index in [0.29, 0.717) is 16.5 Å². The highest BCUT2D eigenvalue weighted by Gasteiger charge is 2.14. The van der Waals surface area contributed by atoms with Crippen molar-refractivity contribution in [2.75, 3.05) is 5.33 Å². The number of pyridine rings is 1. The Labute approximate surface area is 94.6 Å². The molecule has 1 aromatic heterocycles. The van der Waals surface area contributed by atoms with Gasteiger partial charge in [-0.05, 0) is 0 Å². The van der Waals surface area contributed by atoms with Gasteiger partial charge in [0.1, 0.15) is 0 Å². The summed E-state index contributed by atoms with van der Waals surface area (Å²) in [7, 11) is 0. The summed E-state index contributed by atoms with van der Waals surface area (Å²) in [5.74, 6) is 5.31. The highest BCUT2D eigenvalue weighted by atomic mass is 79.9. The fourth-order valence-electron chi connectivity index (χ4n) is 0.931. The van der Waals surface area contributed by atoms with Gasteiger partial charge in [0, 0.05) is 11.8 Å². The number of rotatable bonds is 2. The van der Waals surface area contributed by atoms with Crippen LogP contribution in [0.5, 0.6) is 0 Å². The molecular weight excluding hydrogens is 264 g/mol. The van der Waals surface area contributed by atoms with Crippen LogP contribution < -0.4 is 4.73 Å². The Balaban J connectivity index is 3.09. The lowest BCUT2D eigenvalue weighted by Crippen LogP contribution is -2.25. The van der Waals surface area contributed by atoms with Gasteiger partial charge in [-0.3, -0.25) is 10.1 Å². The molecule has 0 radical (unpaired) electrons. The maximum Gasteiger partial charge on any atom is 0.297 e. The highest BCUT2D eigenvalue weighted by molar-refractivity contribution is 9.09. The third kappa shape index (κ3) is 3.22. The fourth-order valence-corrected chi connectivity index (χ4v) is 1.13. The number of nitro groups is 1. The summed E-state index contributed by atoms with van der Waals surface area (Å²) in [4.78, 5) is 10.0. The molecule has 0 aromatic carbocycles. The molecular formula is C9H7BrN2O3. The van der Waals surface area contributed by atoms with Crippen LogP contribution in [-0.2, 0) is 0 Å². The van der Waals surface area contributed by atoms with Crippen molar-refractivity contribution in [3.63, 3.8) is 0 Å². The smallest absolute Gasteiger partial charge is 0.297 e. The zero-order valence-electron chi connectivity index (χ0n) is 7.64. The lowest BCUT2D eigenvalue weighted by Gasteiger charge is -1.96. The second-order valence-corrected chi connectivity index (χ2v) is 3.39. The van der Waals surface area contributed by atoms with E-state index < -0.39 is 4.92 Å². The summed E-state index contributed by atoms with van der Waals surface area (Å²) in [6, 6.07) is 1.14. The van der Waals surface area contributed by atoms with E-state index in [-0.39, 0.29) is 11.3 Å². The molecule has 5 nitrogen and oxygen atoms in total. The maximum atomic E-state index is 10.9. The second kappa shape index (κ2) is 5.32. The van der Waals surface area contributed by atoms with E-state index in [4.69, 9.17) is 0 Å². The van der Waals surface area contributed by atoms with Gasteiger partial charge in [-0.15, -0.1) is 0 Å². The minimum Gasteiger partial charge on any atom is -0.619 e. The molecule has 0 bridgehead atoms. The molecule has 0 unspecified atom stereocenters. The monoisotopic (exact) mass is 270 g/mol. The molecule has 0 fully saturated rings. The average Bonchev–Trinajstić information content (AvgIpc) is 2.18. The predicted octanol–water partition coefficient (Wildman–Crippen LogP) is 1.36. The number of aromatic nitrogens is 1. The number of hydrogen-bond acceptors (Lipinski definition) is 3. The summed E-state index contributed by atoms with van der Waals surface area (Å²) >= 11 is 3.18. The fraction of sp³-hybridized carbons (Fsp3) is 0.222. The molecule has 0 aliphatic heterocycles. The van der Waals surface area contributed by atoms with Crippen molar-refractivity contribution >= 4 is 21.6 Å². The molecule has 0 N–H and O–H groups in total. The average molecular weight is 271 g/mol. The van der Waals surface area contributed by atoms with E-state index in [1.54, 1.807) is 0 Å². The van der Waals surface area contributed by atoms with Crippen LogP contribution in [0.4, 0.5) is 5.69 Å². The first kappa shape index (κ1) is 11.5. The summed E-state index contributed by atoms with van der Waals surface area (Å²) in [5, 5.41) is 22.2. The Bertz CT molecular complexity index is 437. The van der Waals surface area contributed by atoms with Gasteiger partial charge in [-0.1, -0.05) is 27.8 Å². The van der Waals surface area contributed by atoms with E-state index in [2.05, 4.69) is 27.8 Å². The molecule has 0 aliphatic carbocycles. The van der Waals surface area contributed by atoms with Crippen LogP contribution in [0, 0.1) is 27.2 Å². The van der Waals surface area contributed by atoms with Gasteiger partial charge in [0.15, 0.2) is 11.8 Å². The van der Waals surface area contributed by atoms with Crippen molar-refractivity contribution in [2.45, 2.75) is 6.42 Å². The highest BCUT2D eigenvalue weighted by Crippen LogP contribution is 2.13. The number of nitrogens with zero attached hydrogens (tertiary/aromatic N) is 2. The van der Waals surface area contributed by atoms with Crippen molar-refractivity contribution in [3.05, 3.63) is 39.3 Å². The Kier molecular flexibility index (Phi) is 4.06. The molecule has 0 amide bonds. The van der Waals surface area contributed by atoms with E-state index >= 15 is 0 Å². The van der Waals surface area contributed by atoms with Gasteiger partial charge in [0.25, 0.3) is 5.69 Å². The summed E-state index contributed by atoms with van der Waals surface area (Å²) < 4.78 is 0.491. The van der Waals surface area contributed by atoms with E-state index in [1.165, 1.54) is 0 Å². The van der Waals surface area contributed by atoms with Crippen LogP contribution in [0.2, 0.25) is 0 Å². The molecule has 1 heterocycles. The predicted molar refractivity (Wildman–Crippen MR) is 57.3 cm³/mol. The molecule has 0 saturated carbocycles. The number of hydrogen-bond donors (Lipinski definition) is 0. The Morgan fingerprint density at radius 3 is 2.93 bits per heavy atom. The quantitative estimate of drug-likeness (QED) is 0.204. The zero-order chi connectivity index (χ0) is 11.3. The SMILES string of the molecule is O=[N+]([O-])c1cc[n+]([O-])cc1C#CCCBr. The summed E-state index contributed by atoms with van der Waals surface area (Å²) in [6.07, 6.45) is 2.75. The minimum atomic E-state index is -0.557. The standard InChI is InChI=1S/C9H7BrN2O3/c10-5-2-1-3-8-7-11(13)6-4-9(8)12(14)15/h4,6-7H,2,5H2. The Morgan fingerprint density at radius 2 is 2.33 bits per heavy atom. The maximum absolute atomic E-state index is 10.9. The molecule has 15 heavy (non-hydrogen) atoms. The third-order valence-electron chi connectivity index (χ3n) is 1.55. The molecule has 1 rings (SSSR count). The van der Waals surface area contributed by atoms with Gasteiger partial charge in [-0.2, -0.15) is 4.73 Å². The van der Waals surface area contributed by atoms with E-state index in [1.807, 2.05) is 0 Å². The van der Waals surface area contributed by atoms with Crippen molar-refractivity contribution in [2.24, 2.45) is 0 Å². The summed E-state index contributed by atoms with van der Waals surface area (Å²) in [6.45, 7) is 0. The van der Waals surface area contributed by atoms with Crippen molar-refractivity contribution in [3.8, 4) is 11.8 Å². The lowest BCUT2D eigenvalue weighted by molar-refractivity contribution is -0.606. The van der Waals surface area contributed by atoms with Crippen LogP contribution in [0.1, 0.15) is 12.0 Å². The normalized spacial score (nSPS) is 9.13. The van der Waals surface area contributed by atoms with Crippen molar-refractivity contribution < 1.29 is 9.65 Å². The van der Waals surface area contributed by atoms with Crippen LogP contribution in [0.3, 0.4) is 0 Å². The molecule has 0 saturated heterocycles. The molecule has 0 spiro atoms. The topological polar surface area (TPSA) is 70.1 Å². The van der Waals surface area contributed by atoms with Gasteiger partial charge >= 0.3 is 0 Å². The van der Waals surface area contributed by atoms with Crippen LogP contribution in [-0.4, -0.2) is 10.3 Å². The Hall–Kier alpha value is -1.61. The number of halogens is 1. The molecule has 6 heteroatoms. The van der Waals surface area contributed by atoms with Gasteiger partial charge in [-0.25, -0.2) is 0 Å².